The number of fused-ring (bicyclic) bond motifs is 2. The van der Waals surface area contributed by atoms with Gasteiger partial charge in [0, 0.05) is 39.1 Å². The van der Waals surface area contributed by atoms with Gasteiger partial charge in [-0.15, -0.1) is 0 Å². The Balaban J connectivity index is 1.47. The van der Waals surface area contributed by atoms with Gasteiger partial charge in [-0.1, -0.05) is 24.3 Å². The van der Waals surface area contributed by atoms with Crippen molar-refractivity contribution < 1.29 is 4.74 Å². The number of rotatable bonds is 5. The number of piperidine rings is 1. The molecule has 0 N–H and O–H groups in total. The van der Waals surface area contributed by atoms with Crippen LogP contribution in [0.15, 0.2) is 42.7 Å². The Hall–Kier alpha value is -1.65. The summed E-state index contributed by atoms with van der Waals surface area (Å²) in [5.74, 6) is 1.44. The van der Waals surface area contributed by atoms with Crippen LogP contribution < -0.4 is 0 Å². The van der Waals surface area contributed by atoms with Crippen LogP contribution in [-0.4, -0.2) is 41.0 Å². The smallest absolute Gasteiger partial charge is 0.0662 e. The summed E-state index contributed by atoms with van der Waals surface area (Å²) >= 11 is 0. The van der Waals surface area contributed by atoms with Gasteiger partial charge >= 0.3 is 0 Å². The van der Waals surface area contributed by atoms with Gasteiger partial charge in [-0.2, -0.15) is 5.10 Å². The largest absolute Gasteiger partial charge is 0.381 e. The summed E-state index contributed by atoms with van der Waals surface area (Å²) in [6.45, 7) is 4.24. The van der Waals surface area contributed by atoms with Gasteiger partial charge < -0.3 is 4.74 Å². The molecule has 0 amide bonds. The topological polar surface area (TPSA) is 30.3 Å². The van der Waals surface area contributed by atoms with Crippen LogP contribution in [0, 0.1) is 11.8 Å². The number of likely N-dealkylation sites (tertiary alicyclic amines) is 1. The lowest BCUT2D eigenvalue weighted by Gasteiger charge is -2.37. The van der Waals surface area contributed by atoms with Crippen molar-refractivity contribution in [3.8, 4) is 0 Å². The van der Waals surface area contributed by atoms with Crippen molar-refractivity contribution in [2.75, 3.05) is 20.2 Å². The first-order valence-corrected chi connectivity index (χ1v) is 8.63. The zero-order valence-electron chi connectivity index (χ0n) is 13.8. The number of nitrogens with zero attached hydrogens (tertiary/aromatic N) is 3. The number of benzene rings is 1. The van der Waals surface area contributed by atoms with E-state index in [0.29, 0.717) is 6.10 Å². The molecule has 2 unspecified atom stereocenters. The molecule has 4 heteroatoms. The van der Waals surface area contributed by atoms with E-state index in [4.69, 9.17) is 4.74 Å². The van der Waals surface area contributed by atoms with Crippen LogP contribution in [0.3, 0.4) is 0 Å². The van der Waals surface area contributed by atoms with Gasteiger partial charge in [-0.3, -0.25) is 9.58 Å². The molecule has 2 fully saturated rings. The van der Waals surface area contributed by atoms with Crippen molar-refractivity contribution in [1.29, 1.82) is 0 Å². The molecule has 1 aliphatic heterocycles. The Kier molecular flexibility index (Phi) is 4.19. The molecular formula is C19H25N3O. The maximum atomic E-state index is 5.73. The van der Waals surface area contributed by atoms with E-state index in [9.17, 15) is 0 Å². The number of aromatic nitrogens is 2. The maximum absolute atomic E-state index is 5.73. The summed E-state index contributed by atoms with van der Waals surface area (Å²) < 4.78 is 7.73. The fraction of sp³-hybridized carbons (Fsp3) is 0.526. The van der Waals surface area contributed by atoms with Crippen molar-refractivity contribution in [1.82, 2.24) is 14.7 Å². The van der Waals surface area contributed by atoms with Crippen molar-refractivity contribution in [2.24, 2.45) is 11.8 Å². The minimum absolute atomic E-state index is 0.491. The van der Waals surface area contributed by atoms with E-state index >= 15 is 0 Å². The molecule has 1 saturated carbocycles. The minimum Gasteiger partial charge on any atom is -0.381 e. The van der Waals surface area contributed by atoms with Crippen LogP contribution in [0.1, 0.15) is 24.0 Å². The molecule has 1 aromatic carbocycles. The van der Waals surface area contributed by atoms with Crippen LogP contribution in [-0.2, 0) is 17.8 Å². The third kappa shape index (κ3) is 3.06. The Bertz CT molecular complexity index is 626. The first-order chi connectivity index (χ1) is 11.3. The van der Waals surface area contributed by atoms with Gasteiger partial charge in [0.2, 0.25) is 0 Å². The predicted molar refractivity (Wildman–Crippen MR) is 90.1 cm³/mol. The van der Waals surface area contributed by atoms with E-state index in [2.05, 4.69) is 34.3 Å². The molecule has 2 heterocycles. The first-order valence-electron chi connectivity index (χ1n) is 8.63. The Morgan fingerprint density at radius 1 is 1.04 bits per heavy atom. The summed E-state index contributed by atoms with van der Waals surface area (Å²) in [5.41, 5.74) is 2.80. The molecule has 2 atom stereocenters. The van der Waals surface area contributed by atoms with Crippen LogP contribution in [0.5, 0.6) is 0 Å². The monoisotopic (exact) mass is 311 g/mol. The molecule has 0 radical (unpaired) electrons. The van der Waals surface area contributed by atoms with Crippen LogP contribution in [0.4, 0.5) is 0 Å². The second-order valence-corrected chi connectivity index (χ2v) is 6.96. The fourth-order valence-corrected chi connectivity index (χ4v) is 4.46. The average molecular weight is 311 g/mol. The van der Waals surface area contributed by atoms with E-state index < -0.39 is 0 Å². The number of hydrogen-bond acceptors (Lipinski definition) is 3. The first kappa shape index (κ1) is 14.9. The maximum Gasteiger partial charge on any atom is 0.0662 e. The highest BCUT2D eigenvalue weighted by atomic mass is 16.5. The molecule has 1 aliphatic carbocycles. The highest BCUT2D eigenvalue weighted by Gasteiger charge is 2.42. The highest BCUT2D eigenvalue weighted by Crippen LogP contribution is 2.39. The lowest BCUT2D eigenvalue weighted by atomic mass is 9.94. The minimum atomic E-state index is 0.491. The second-order valence-electron chi connectivity index (χ2n) is 6.96. The molecule has 0 spiro atoms. The van der Waals surface area contributed by atoms with Gasteiger partial charge in [0.05, 0.1) is 12.6 Å². The third-order valence-electron chi connectivity index (χ3n) is 5.50. The molecule has 2 bridgehead atoms. The van der Waals surface area contributed by atoms with Gasteiger partial charge in [0.15, 0.2) is 0 Å². The van der Waals surface area contributed by atoms with E-state index in [1.807, 2.05) is 30.3 Å². The van der Waals surface area contributed by atoms with Crippen LogP contribution >= 0.6 is 0 Å². The molecular weight excluding hydrogens is 286 g/mol. The van der Waals surface area contributed by atoms with E-state index in [0.717, 1.165) is 24.9 Å². The molecule has 122 valence electrons. The number of hydrogen-bond donors (Lipinski definition) is 0. The van der Waals surface area contributed by atoms with Crippen molar-refractivity contribution in [3.05, 3.63) is 53.9 Å². The molecule has 2 aliphatic rings. The van der Waals surface area contributed by atoms with Gasteiger partial charge in [-0.25, -0.2) is 0 Å². The standard InChI is InChI=1S/C19H25N3O/c1-23-19-17-7-8-18(19)13-21(12-17)11-15-5-2-3-6-16(15)14-22-10-4-9-20-22/h2-6,9-10,17-19H,7-8,11-14H2,1H3. The Labute approximate surface area is 138 Å². The van der Waals surface area contributed by atoms with E-state index in [1.54, 1.807) is 0 Å². The molecule has 4 rings (SSSR count). The molecule has 1 saturated heterocycles. The molecule has 23 heavy (non-hydrogen) atoms. The summed E-state index contributed by atoms with van der Waals surface area (Å²) in [4.78, 5) is 2.62. The number of ether oxygens (including phenoxy) is 1. The second kappa shape index (κ2) is 6.46. The Morgan fingerprint density at radius 2 is 1.74 bits per heavy atom. The average Bonchev–Trinajstić information content (AvgIpc) is 3.15. The zero-order chi connectivity index (χ0) is 15.6. The quantitative estimate of drug-likeness (QED) is 0.850. The van der Waals surface area contributed by atoms with Crippen molar-refractivity contribution >= 4 is 0 Å². The molecule has 2 aromatic rings. The van der Waals surface area contributed by atoms with Gasteiger partial charge in [0.25, 0.3) is 0 Å². The highest BCUT2D eigenvalue weighted by molar-refractivity contribution is 5.27. The van der Waals surface area contributed by atoms with Gasteiger partial charge in [0.1, 0.15) is 0 Å². The number of methoxy groups -OCH3 is 1. The Morgan fingerprint density at radius 3 is 2.35 bits per heavy atom. The lowest BCUT2D eigenvalue weighted by molar-refractivity contribution is -0.0180. The summed E-state index contributed by atoms with van der Waals surface area (Å²) in [6, 6.07) is 10.8. The van der Waals surface area contributed by atoms with Gasteiger partial charge in [-0.05, 0) is 41.9 Å². The van der Waals surface area contributed by atoms with Crippen molar-refractivity contribution in [2.45, 2.75) is 32.0 Å². The summed E-state index contributed by atoms with van der Waals surface area (Å²) in [7, 11) is 1.88. The van der Waals surface area contributed by atoms with Crippen LogP contribution in [0.2, 0.25) is 0 Å². The van der Waals surface area contributed by atoms with Crippen LogP contribution in [0.25, 0.3) is 0 Å². The fourth-order valence-electron chi connectivity index (χ4n) is 4.46. The normalized spacial score (nSPS) is 27.4. The lowest BCUT2D eigenvalue weighted by Crippen LogP contribution is -2.45. The SMILES string of the molecule is COC1C2CCC1CN(Cc1ccccc1Cn1cccn1)C2. The zero-order valence-corrected chi connectivity index (χ0v) is 13.8. The molecule has 4 nitrogen and oxygen atoms in total. The summed E-state index contributed by atoms with van der Waals surface area (Å²) in [6.07, 6.45) is 7.02. The molecule has 1 aromatic heterocycles. The third-order valence-corrected chi connectivity index (χ3v) is 5.50. The van der Waals surface area contributed by atoms with E-state index in [-0.39, 0.29) is 0 Å². The predicted octanol–water partition coefficient (Wildman–Crippen LogP) is 2.79. The van der Waals surface area contributed by atoms with Crippen molar-refractivity contribution in [3.63, 3.8) is 0 Å². The van der Waals surface area contributed by atoms with E-state index in [1.165, 1.54) is 37.1 Å². The summed E-state index contributed by atoms with van der Waals surface area (Å²) in [5, 5.41) is 4.34.